The number of hydrogen-bond donors (Lipinski definition) is 1. The van der Waals surface area contributed by atoms with E-state index in [0.717, 1.165) is 5.56 Å². The number of carbonyl (C=O) groups excluding carboxylic acids is 1. The van der Waals surface area contributed by atoms with Crippen LogP contribution in [0, 0.1) is 5.82 Å². The van der Waals surface area contributed by atoms with Gasteiger partial charge in [0.2, 0.25) is 10.0 Å². The number of ether oxygens (including phenoxy) is 1. The monoisotopic (exact) mass is 470 g/mol. The van der Waals surface area contributed by atoms with Crippen molar-refractivity contribution in [2.75, 3.05) is 13.7 Å². The summed E-state index contributed by atoms with van der Waals surface area (Å²) in [5.74, 6) is -0.163. The fourth-order valence-corrected chi connectivity index (χ4v) is 4.52. The number of rotatable bonds is 9. The number of nitrogens with one attached hydrogen (secondary N) is 1. The van der Waals surface area contributed by atoms with E-state index in [-0.39, 0.29) is 29.2 Å². The summed E-state index contributed by atoms with van der Waals surface area (Å²) < 4.78 is 45.9. The highest BCUT2D eigenvalue weighted by Crippen LogP contribution is 2.25. The van der Waals surface area contributed by atoms with Gasteiger partial charge in [-0.05, 0) is 61.9 Å². The van der Waals surface area contributed by atoms with E-state index < -0.39 is 10.0 Å². The molecule has 3 aromatic rings. The van der Waals surface area contributed by atoms with E-state index in [9.17, 15) is 17.6 Å². The largest absolute Gasteiger partial charge is 0.494 e. The van der Waals surface area contributed by atoms with E-state index in [1.54, 1.807) is 55.5 Å². The molecule has 1 atom stereocenters. The molecule has 0 aliphatic carbocycles. The van der Waals surface area contributed by atoms with Gasteiger partial charge in [0.1, 0.15) is 11.6 Å². The topological polar surface area (TPSA) is 75.7 Å². The number of benzene rings is 3. The lowest BCUT2D eigenvalue weighted by Crippen LogP contribution is -2.28. The van der Waals surface area contributed by atoms with Gasteiger partial charge in [-0.2, -0.15) is 4.31 Å². The summed E-state index contributed by atoms with van der Waals surface area (Å²) in [5.41, 5.74) is 1.71. The average Bonchev–Trinajstić information content (AvgIpc) is 2.81. The van der Waals surface area contributed by atoms with Gasteiger partial charge in [-0.15, -0.1) is 0 Å². The predicted molar refractivity (Wildman–Crippen MR) is 125 cm³/mol. The maximum atomic E-state index is 13.2. The van der Waals surface area contributed by atoms with Crippen molar-refractivity contribution in [2.24, 2.45) is 0 Å². The summed E-state index contributed by atoms with van der Waals surface area (Å²) >= 11 is 0. The molecule has 0 saturated carbocycles. The Morgan fingerprint density at radius 3 is 2.36 bits per heavy atom. The molecule has 1 unspecified atom stereocenters. The minimum Gasteiger partial charge on any atom is -0.494 e. The molecule has 174 valence electrons. The first-order chi connectivity index (χ1) is 15.7. The molecule has 0 radical (unpaired) electrons. The van der Waals surface area contributed by atoms with Crippen molar-refractivity contribution >= 4 is 15.9 Å². The average molecular weight is 471 g/mol. The quantitative estimate of drug-likeness (QED) is 0.498. The van der Waals surface area contributed by atoms with Crippen LogP contribution >= 0.6 is 0 Å². The molecular formula is C25H27FN2O4S. The van der Waals surface area contributed by atoms with Gasteiger partial charge in [0.25, 0.3) is 5.91 Å². The van der Waals surface area contributed by atoms with E-state index in [1.165, 1.54) is 35.6 Å². The van der Waals surface area contributed by atoms with Crippen molar-refractivity contribution in [1.82, 2.24) is 9.62 Å². The van der Waals surface area contributed by atoms with Gasteiger partial charge < -0.3 is 10.1 Å². The third-order valence-corrected chi connectivity index (χ3v) is 7.00. The van der Waals surface area contributed by atoms with Crippen molar-refractivity contribution < 1.29 is 22.3 Å². The Balaban J connectivity index is 1.82. The Bertz CT molecular complexity index is 1200. The highest BCUT2D eigenvalue weighted by molar-refractivity contribution is 7.89. The normalized spacial score (nSPS) is 12.4. The van der Waals surface area contributed by atoms with Gasteiger partial charge in [0.15, 0.2) is 0 Å². The van der Waals surface area contributed by atoms with Crippen LogP contribution < -0.4 is 10.1 Å². The summed E-state index contributed by atoms with van der Waals surface area (Å²) in [6.07, 6.45) is 0. The van der Waals surface area contributed by atoms with Gasteiger partial charge in [0.05, 0.1) is 17.5 Å². The third-order valence-electron chi connectivity index (χ3n) is 5.18. The Hall–Kier alpha value is -3.23. The summed E-state index contributed by atoms with van der Waals surface area (Å²) in [6.45, 7) is 4.07. The van der Waals surface area contributed by atoms with E-state index in [0.29, 0.717) is 23.5 Å². The lowest BCUT2D eigenvalue weighted by Gasteiger charge is -2.20. The van der Waals surface area contributed by atoms with Gasteiger partial charge >= 0.3 is 0 Å². The smallest absolute Gasteiger partial charge is 0.251 e. The van der Waals surface area contributed by atoms with E-state index >= 15 is 0 Å². The first-order valence-corrected chi connectivity index (χ1v) is 12.0. The number of amides is 1. The molecule has 8 heteroatoms. The molecule has 33 heavy (non-hydrogen) atoms. The zero-order valence-electron chi connectivity index (χ0n) is 18.8. The Labute approximate surface area is 194 Å². The molecule has 1 amide bonds. The van der Waals surface area contributed by atoms with Gasteiger partial charge in [0, 0.05) is 24.7 Å². The Morgan fingerprint density at radius 1 is 1.06 bits per heavy atom. The van der Waals surface area contributed by atoms with Crippen LogP contribution in [0.1, 0.15) is 41.4 Å². The predicted octanol–water partition coefficient (Wildman–Crippen LogP) is 4.54. The van der Waals surface area contributed by atoms with Crippen molar-refractivity contribution in [3.8, 4) is 5.75 Å². The molecule has 0 spiro atoms. The summed E-state index contributed by atoms with van der Waals surface area (Å²) in [4.78, 5) is 13.1. The van der Waals surface area contributed by atoms with Crippen molar-refractivity contribution in [3.05, 3.63) is 95.3 Å². The van der Waals surface area contributed by atoms with Gasteiger partial charge in [-0.25, -0.2) is 12.8 Å². The molecule has 6 nitrogen and oxygen atoms in total. The molecule has 3 aromatic carbocycles. The number of nitrogens with zero attached hydrogens (tertiary/aromatic N) is 1. The maximum Gasteiger partial charge on any atom is 0.251 e. The second-order valence-corrected chi connectivity index (χ2v) is 9.62. The number of hydrogen-bond acceptors (Lipinski definition) is 4. The van der Waals surface area contributed by atoms with E-state index in [1.807, 2.05) is 6.92 Å². The van der Waals surface area contributed by atoms with Crippen LogP contribution in [0.15, 0.2) is 77.7 Å². The highest BCUT2D eigenvalue weighted by Gasteiger charge is 2.23. The van der Waals surface area contributed by atoms with E-state index in [4.69, 9.17) is 4.74 Å². The zero-order chi connectivity index (χ0) is 24.0. The lowest BCUT2D eigenvalue weighted by molar-refractivity contribution is 0.0939. The van der Waals surface area contributed by atoms with Gasteiger partial charge in [-0.3, -0.25) is 4.79 Å². The zero-order valence-corrected chi connectivity index (χ0v) is 19.6. The molecule has 0 bridgehead atoms. The summed E-state index contributed by atoms with van der Waals surface area (Å²) in [5, 5.41) is 2.89. The van der Waals surface area contributed by atoms with E-state index in [2.05, 4.69) is 5.32 Å². The minimum atomic E-state index is -3.71. The van der Waals surface area contributed by atoms with Crippen LogP contribution in [0.3, 0.4) is 0 Å². The van der Waals surface area contributed by atoms with Crippen LogP contribution in [0.5, 0.6) is 5.75 Å². The second kappa shape index (κ2) is 10.6. The molecule has 0 aliphatic heterocycles. The summed E-state index contributed by atoms with van der Waals surface area (Å²) in [6, 6.07) is 18.7. The maximum absolute atomic E-state index is 13.2. The third kappa shape index (κ3) is 5.97. The molecule has 0 aliphatic rings. The van der Waals surface area contributed by atoms with Crippen molar-refractivity contribution in [3.63, 3.8) is 0 Å². The molecule has 3 rings (SSSR count). The molecular weight excluding hydrogens is 443 g/mol. The molecule has 0 heterocycles. The molecule has 0 fully saturated rings. The molecule has 0 saturated heterocycles. The number of sulfonamides is 1. The highest BCUT2D eigenvalue weighted by atomic mass is 32.2. The standard InChI is InChI=1S/C25H27FN2O4S/c1-4-32-24-15-12-20(25(29)27-18(2)19-10-13-22(26)14-11-19)16-21(24)17-28(3)33(30,31)23-8-6-5-7-9-23/h5-16,18H,4,17H2,1-3H3,(H,27,29). The SMILES string of the molecule is CCOc1ccc(C(=O)NC(C)c2ccc(F)cc2)cc1CN(C)S(=O)(=O)c1ccccc1. The van der Waals surface area contributed by atoms with Crippen LogP contribution in [0.4, 0.5) is 4.39 Å². The van der Waals surface area contributed by atoms with Crippen molar-refractivity contribution in [2.45, 2.75) is 31.3 Å². The Kier molecular flexibility index (Phi) is 7.84. The van der Waals surface area contributed by atoms with Gasteiger partial charge in [-0.1, -0.05) is 30.3 Å². The number of halogens is 1. The van der Waals surface area contributed by atoms with Crippen LogP contribution in [0.25, 0.3) is 0 Å². The lowest BCUT2D eigenvalue weighted by atomic mass is 10.1. The summed E-state index contributed by atoms with van der Waals surface area (Å²) in [7, 11) is -2.23. The number of carbonyl (C=O) groups is 1. The van der Waals surface area contributed by atoms with Crippen molar-refractivity contribution in [1.29, 1.82) is 0 Å². The van der Waals surface area contributed by atoms with Crippen LogP contribution in [-0.4, -0.2) is 32.3 Å². The second-order valence-electron chi connectivity index (χ2n) is 7.58. The fourth-order valence-electron chi connectivity index (χ4n) is 3.35. The molecule has 0 aromatic heterocycles. The van der Waals surface area contributed by atoms with Crippen LogP contribution in [0.2, 0.25) is 0 Å². The minimum absolute atomic E-state index is 0.0290. The van der Waals surface area contributed by atoms with Crippen LogP contribution in [-0.2, 0) is 16.6 Å². The fraction of sp³-hybridized carbons (Fsp3) is 0.240. The molecule has 1 N–H and O–H groups in total. The first-order valence-electron chi connectivity index (χ1n) is 10.6. The Morgan fingerprint density at radius 2 is 1.73 bits per heavy atom. The first kappa shape index (κ1) is 24.4.